The van der Waals surface area contributed by atoms with Gasteiger partial charge in [0.15, 0.2) is 0 Å². The Morgan fingerprint density at radius 2 is 1.79 bits per heavy atom. The Balaban J connectivity index is 1.42. The molecule has 4 heteroatoms. The van der Waals surface area contributed by atoms with E-state index in [1.54, 1.807) is 0 Å². The first-order valence-electron chi connectivity index (χ1n) is 8.15. The van der Waals surface area contributed by atoms with Crippen molar-refractivity contribution in [3.8, 4) is 0 Å². The van der Waals surface area contributed by atoms with E-state index in [1.807, 2.05) is 0 Å². The highest BCUT2D eigenvalue weighted by Crippen LogP contribution is 2.32. The maximum atomic E-state index is 5.91. The standard InChI is InChI=1S/C15H29N3O/c16-6-1-11-19-14-3-9-18(10-4-14)15-5-8-17-7-2-13(15)12-17/h13-15H,1-12,16H2. The van der Waals surface area contributed by atoms with E-state index < -0.39 is 0 Å². The average molecular weight is 267 g/mol. The van der Waals surface area contributed by atoms with E-state index in [4.69, 9.17) is 10.5 Å². The van der Waals surface area contributed by atoms with Crippen molar-refractivity contribution in [2.24, 2.45) is 11.7 Å². The summed E-state index contributed by atoms with van der Waals surface area (Å²) in [7, 11) is 0. The van der Waals surface area contributed by atoms with E-state index in [1.165, 1.54) is 58.4 Å². The van der Waals surface area contributed by atoms with E-state index in [0.29, 0.717) is 6.10 Å². The lowest BCUT2D eigenvalue weighted by Gasteiger charge is -2.42. The van der Waals surface area contributed by atoms with Crippen molar-refractivity contribution in [2.75, 3.05) is 45.9 Å². The molecule has 3 aliphatic heterocycles. The van der Waals surface area contributed by atoms with Crippen LogP contribution >= 0.6 is 0 Å². The molecule has 2 bridgehead atoms. The van der Waals surface area contributed by atoms with Crippen LogP contribution in [0.2, 0.25) is 0 Å². The van der Waals surface area contributed by atoms with Gasteiger partial charge >= 0.3 is 0 Å². The highest BCUT2D eigenvalue weighted by molar-refractivity contribution is 4.93. The number of fused-ring (bicyclic) bond motifs is 2. The largest absolute Gasteiger partial charge is 0.378 e. The molecule has 3 rings (SSSR count). The molecule has 3 fully saturated rings. The van der Waals surface area contributed by atoms with Gasteiger partial charge in [-0.25, -0.2) is 0 Å². The Morgan fingerprint density at radius 3 is 2.58 bits per heavy atom. The number of hydrogen-bond donors (Lipinski definition) is 1. The van der Waals surface area contributed by atoms with Crippen LogP contribution in [0.15, 0.2) is 0 Å². The number of nitrogens with two attached hydrogens (primary N) is 1. The van der Waals surface area contributed by atoms with Crippen molar-refractivity contribution in [1.29, 1.82) is 0 Å². The maximum Gasteiger partial charge on any atom is 0.0599 e. The lowest BCUT2D eigenvalue weighted by molar-refractivity contribution is -0.0141. The molecule has 0 saturated carbocycles. The predicted molar refractivity (Wildman–Crippen MR) is 77.2 cm³/mol. The van der Waals surface area contributed by atoms with Gasteiger partial charge in [0.1, 0.15) is 0 Å². The first-order chi connectivity index (χ1) is 9.36. The number of nitrogens with zero attached hydrogens (tertiary/aromatic N) is 2. The molecule has 0 aromatic carbocycles. The number of hydrogen-bond acceptors (Lipinski definition) is 4. The topological polar surface area (TPSA) is 41.7 Å². The van der Waals surface area contributed by atoms with Crippen LogP contribution < -0.4 is 5.73 Å². The minimum Gasteiger partial charge on any atom is -0.378 e. The highest BCUT2D eigenvalue weighted by Gasteiger charge is 2.38. The molecule has 0 amide bonds. The molecule has 4 nitrogen and oxygen atoms in total. The molecular formula is C15H29N3O. The van der Waals surface area contributed by atoms with Crippen molar-refractivity contribution < 1.29 is 4.74 Å². The van der Waals surface area contributed by atoms with E-state index >= 15 is 0 Å². The summed E-state index contributed by atoms with van der Waals surface area (Å²) in [5, 5.41) is 0. The fourth-order valence-electron chi connectivity index (χ4n) is 4.12. The van der Waals surface area contributed by atoms with Crippen LogP contribution in [0, 0.1) is 5.92 Å². The van der Waals surface area contributed by atoms with Crippen LogP contribution in [0.5, 0.6) is 0 Å². The zero-order chi connectivity index (χ0) is 13.1. The monoisotopic (exact) mass is 267 g/mol. The van der Waals surface area contributed by atoms with Gasteiger partial charge in [0.25, 0.3) is 0 Å². The third-order valence-electron chi connectivity index (χ3n) is 5.24. The maximum absolute atomic E-state index is 5.91. The second-order valence-corrected chi connectivity index (χ2v) is 6.45. The van der Waals surface area contributed by atoms with Crippen LogP contribution in [-0.2, 0) is 4.74 Å². The normalized spacial score (nSPS) is 36.8. The van der Waals surface area contributed by atoms with Gasteiger partial charge in [0, 0.05) is 32.3 Å². The van der Waals surface area contributed by atoms with E-state index in [2.05, 4.69) is 9.80 Å². The summed E-state index contributed by atoms with van der Waals surface area (Å²) in [5.41, 5.74) is 5.51. The fraction of sp³-hybridized carbons (Fsp3) is 1.00. The molecule has 110 valence electrons. The van der Waals surface area contributed by atoms with Gasteiger partial charge in [-0.05, 0) is 57.7 Å². The Labute approximate surface area is 117 Å². The lowest BCUT2D eigenvalue weighted by Crippen LogP contribution is -2.50. The first kappa shape index (κ1) is 13.8. The molecule has 0 spiro atoms. The molecule has 3 saturated heterocycles. The molecule has 0 radical (unpaired) electrons. The van der Waals surface area contributed by atoms with Gasteiger partial charge in [-0.1, -0.05) is 0 Å². The molecule has 2 N–H and O–H groups in total. The van der Waals surface area contributed by atoms with Crippen molar-refractivity contribution in [3.05, 3.63) is 0 Å². The van der Waals surface area contributed by atoms with Crippen molar-refractivity contribution >= 4 is 0 Å². The summed E-state index contributed by atoms with van der Waals surface area (Å²) in [4.78, 5) is 5.40. The second-order valence-electron chi connectivity index (χ2n) is 6.45. The van der Waals surface area contributed by atoms with Crippen molar-refractivity contribution in [3.63, 3.8) is 0 Å². The summed E-state index contributed by atoms with van der Waals surface area (Å²) in [6, 6.07) is 0.865. The summed E-state index contributed by atoms with van der Waals surface area (Å²) in [6.07, 6.45) is 6.75. The van der Waals surface area contributed by atoms with Gasteiger partial charge in [0.2, 0.25) is 0 Å². The third kappa shape index (κ3) is 3.30. The minimum absolute atomic E-state index is 0.492. The highest BCUT2D eigenvalue weighted by atomic mass is 16.5. The van der Waals surface area contributed by atoms with Gasteiger partial charge in [-0.3, -0.25) is 4.90 Å². The summed E-state index contributed by atoms with van der Waals surface area (Å²) in [6.45, 7) is 8.12. The Hall–Kier alpha value is -0.160. The van der Waals surface area contributed by atoms with Crippen LogP contribution in [0.4, 0.5) is 0 Å². The van der Waals surface area contributed by atoms with Gasteiger partial charge in [-0.2, -0.15) is 0 Å². The fourth-order valence-corrected chi connectivity index (χ4v) is 4.12. The second kappa shape index (κ2) is 6.53. The molecule has 3 heterocycles. The number of ether oxygens (including phenoxy) is 1. The summed E-state index contributed by atoms with van der Waals surface area (Å²) in [5.74, 6) is 0.948. The Morgan fingerprint density at radius 1 is 1.00 bits per heavy atom. The predicted octanol–water partition coefficient (Wildman–Crippen LogP) is 0.910. The lowest BCUT2D eigenvalue weighted by atomic mass is 9.91. The van der Waals surface area contributed by atoms with Crippen LogP contribution in [0.3, 0.4) is 0 Å². The summed E-state index contributed by atoms with van der Waals surface area (Å²) >= 11 is 0. The quantitative estimate of drug-likeness (QED) is 0.752. The zero-order valence-corrected chi connectivity index (χ0v) is 12.1. The molecule has 3 aliphatic rings. The Bertz CT molecular complexity index is 279. The van der Waals surface area contributed by atoms with E-state index in [9.17, 15) is 0 Å². The average Bonchev–Trinajstić information content (AvgIpc) is 2.82. The number of likely N-dealkylation sites (tertiary alicyclic amines) is 1. The number of piperidine rings is 2. The molecule has 19 heavy (non-hydrogen) atoms. The van der Waals surface area contributed by atoms with Crippen molar-refractivity contribution in [1.82, 2.24) is 9.80 Å². The van der Waals surface area contributed by atoms with Gasteiger partial charge < -0.3 is 15.4 Å². The van der Waals surface area contributed by atoms with E-state index in [0.717, 1.165) is 31.5 Å². The molecule has 0 aromatic heterocycles. The molecule has 3 unspecified atom stereocenters. The van der Waals surface area contributed by atoms with Crippen LogP contribution in [0.1, 0.15) is 32.1 Å². The molecule has 3 atom stereocenters. The molecule has 0 aromatic rings. The number of rotatable bonds is 5. The van der Waals surface area contributed by atoms with E-state index in [-0.39, 0.29) is 0 Å². The summed E-state index contributed by atoms with van der Waals surface area (Å²) < 4.78 is 5.91. The molecule has 0 aliphatic carbocycles. The smallest absolute Gasteiger partial charge is 0.0599 e. The van der Waals surface area contributed by atoms with Crippen LogP contribution in [0.25, 0.3) is 0 Å². The third-order valence-corrected chi connectivity index (χ3v) is 5.24. The minimum atomic E-state index is 0.492. The first-order valence-corrected chi connectivity index (χ1v) is 8.15. The Kier molecular flexibility index (Phi) is 4.74. The van der Waals surface area contributed by atoms with Gasteiger partial charge in [-0.15, -0.1) is 0 Å². The van der Waals surface area contributed by atoms with Crippen LogP contribution in [-0.4, -0.2) is 67.8 Å². The van der Waals surface area contributed by atoms with Gasteiger partial charge in [0.05, 0.1) is 6.10 Å². The SMILES string of the molecule is NCCCOC1CCN(C2CCN3CCC2C3)CC1. The van der Waals surface area contributed by atoms with Crippen molar-refractivity contribution in [2.45, 2.75) is 44.2 Å². The zero-order valence-electron chi connectivity index (χ0n) is 12.1. The molecular weight excluding hydrogens is 238 g/mol.